The summed E-state index contributed by atoms with van der Waals surface area (Å²) >= 11 is 1.31. The molecule has 3 nitrogen and oxygen atoms in total. The van der Waals surface area contributed by atoms with Crippen LogP contribution >= 0.6 is 11.7 Å². The Labute approximate surface area is 102 Å². The highest BCUT2D eigenvalue weighted by atomic mass is 32.1. The first-order chi connectivity index (χ1) is 7.72. The van der Waals surface area contributed by atoms with Gasteiger partial charge in [0.2, 0.25) is 0 Å². The summed E-state index contributed by atoms with van der Waals surface area (Å²) < 4.78 is 8.49. The van der Waals surface area contributed by atoms with Gasteiger partial charge in [-0.05, 0) is 37.6 Å². The summed E-state index contributed by atoms with van der Waals surface area (Å²) in [7, 11) is 2.03. The van der Waals surface area contributed by atoms with Crippen molar-refractivity contribution in [2.24, 2.45) is 17.8 Å². The third-order valence-corrected chi connectivity index (χ3v) is 4.61. The highest BCUT2D eigenvalue weighted by molar-refractivity contribution is 6.99. The molecule has 4 heteroatoms. The lowest BCUT2D eigenvalue weighted by atomic mass is 9.73. The number of hydrogen-bond acceptors (Lipinski definition) is 4. The first-order valence-electron chi connectivity index (χ1n) is 6.17. The van der Waals surface area contributed by atoms with E-state index in [1.165, 1.54) is 31.0 Å². The molecule has 0 bridgehead atoms. The van der Waals surface area contributed by atoms with Gasteiger partial charge in [0.15, 0.2) is 0 Å². The van der Waals surface area contributed by atoms with Crippen LogP contribution in [0.1, 0.15) is 44.8 Å². The average Bonchev–Trinajstić information content (AvgIpc) is 2.78. The maximum Gasteiger partial charge on any atom is 0.0914 e. The fourth-order valence-electron chi connectivity index (χ4n) is 2.83. The largest absolute Gasteiger partial charge is 0.311 e. The Kier molecular flexibility index (Phi) is 3.92. The van der Waals surface area contributed by atoms with Crippen LogP contribution in [0, 0.1) is 17.8 Å². The number of rotatable bonds is 3. The predicted molar refractivity (Wildman–Crippen MR) is 67.4 cm³/mol. The zero-order valence-electron chi connectivity index (χ0n) is 10.3. The molecule has 1 aliphatic rings. The van der Waals surface area contributed by atoms with Gasteiger partial charge in [0, 0.05) is 0 Å². The van der Waals surface area contributed by atoms with Crippen LogP contribution < -0.4 is 5.32 Å². The van der Waals surface area contributed by atoms with Crippen molar-refractivity contribution < 1.29 is 0 Å². The van der Waals surface area contributed by atoms with Crippen molar-refractivity contribution in [3.8, 4) is 0 Å². The van der Waals surface area contributed by atoms with Gasteiger partial charge in [-0.25, -0.2) is 0 Å². The second-order valence-corrected chi connectivity index (χ2v) is 5.68. The second kappa shape index (κ2) is 5.23. The highest BCUT2D eigenvalue weighted by Crippen LogP contribution is 2.39. The van der Waals surface area contributed by atoms with Gasteiger partial charge in [-0.15, -0.1) is 0 Å². The van der Waals surface area contributed by atoms with Crippen LogP contribution in [-0.2, 0) is 0 Å². The minimum Gasteiger partial charge on any atom is -0.311 e. The quantitative estimate of drug-likeness (QED) is 0.881. The van der Waals surface area contributed by atoms with E-state index in [0.29, 0.717) is 6.04 Å². The van der Waals surface area contributed by atoms with Crippen LogP contribution in [0.2, 0.25) is 0 Å². The van der Waals surface area contributed by atoms with Crippen LogP contribution in [0.4, 0.5) is 0 Å². The monoisotopic (exact) mass is 239 g/mol. The van der Waals surface area contributed by atoms with Gasteiger partial charge in [0.1, 0.15) is 0 Å². The number of hydrogen-bond donors (Lipinski definition) is 1. The number of aromatic nitrogens is 2. The lowest BCUT2D eigenvalue weighted by molar-refractivity contribution is 0.173. The predicted octanol–water partition coefficient (Wildman–Crippen LogP) is 2.87. The third kappa shape index (κ3) is 2.43. The lowest BCUT2D eigenvalue weighted by Gasteiger charge is -2.35. The van der Waals surface area contributed by atoms with Crippen LogP contribution in [0.5, 0.6) is 0 Å². The zero-order valence-corrected chi connectivity index (χ0v) is 11.1. The van der Waals surface area contributed by atoms with E-state index < -0.39 is 0 Å². The van der Waals surface area contributed by atoms with Gasteiger partial charge in [0.05, 0.1) is 29.7 Å². The molecule has 0 aliphatic heterocycles. The van der Waals surface area contributed by atoms with Gasteiger partial charge < -0.3 is 5.32 Å². The topological polar surface area (TPSA) is 37.8 Å². The van der Waals surface area contributed by atoms with Gasteiger partial charge in [-0.3, -0.25) is 0 Å². The molecule has 0 radical (unpaired) electrons. The molecule has 1 N–H and O–H groups in total. The second-order valence-electron chi connectivity index (χ2n) is 5.13. The minimum atomic E-state index is 0.397. The molecule has 1 aromatic heterocycles. The van der Waals surface area contributed by atoms with Crippen LogP contribution in [0.3, 0.4) is 0 Å². The van der Waals surface area contributed by atoms with E-state index in [1.54, 1.807) is 0 Å². The molecule has 1 saturated carbocycles. The summed E-state index contributed by atoms with van der Waals surface area (Å²) in [6.07, 6.45) is 5.88. The molecule has 0 amide bonds. The van der Waals surface area contributed by atoms with Gasteiger partial charge in [0.25, 0.3) is 0 Å². The van der Waals surface area contributed by atoms with Crippen LogP contribution in [-0.4, -0.2) is 15.8 Å². The van der Waals surface area contributed by atoms with Crippen molar-refractivity contribution in [3.63, 3.8) is 0 Å². The van der Waals surface area contributed by atoms with E-state index in [1.807, 2.05) is 13.2 Å². The first-order valence-corrected chi connectivity index (χ1v) is 6.90. The van der Waals surface area contributed by atoms with E-state index in [-0.39, 0.29) is 0 Å². The van der Waals surface area contributed by atoms with E-state index >= 15 is 0 Å². The maximum atomic E-state index is 4.37. The van der Waals surface area contributed by atoms with Crippen molar-refractivity contribution in [3.05, 3.63) is 11.9 Å². The standard InChI is InChI=1S/C12H21N3S/c1-8-4-5-10(6-9(8)2)12(13-3)11-7-14-16-15-11/h7-10,12-13H,4-6H2,1-3H3. The van der Waals surface area contributed by atoms with E-state index in [0.717, 1.165) is 23.4 Å². The smallest absolute Gasteiger partial charge is 0.0914 e. The van der Waals surface area contributed by atoms with Crippen molar-refractivity contribution in [1.82, 2.24) is 14.1 Å². The molecule has 0 saturated heterocycles. The summed E-state index contributed by atoms with van der Waals surface area (Å²) in [6.45, 7) is 4.75. The maximum absolute atomic E-state index is 4.37. The fourth-order valence-corrected chi connectivity index (χ4v) is 3.28. The molecule has 4 atom stereocenters. The van der Waals surface area contributed by atoms with Crippen molar-refractivity contribution in [2.45, 2.75) is 39.2 Å². The Morgan fingerprint density at radius 3 is 2.75 bits per heavy atom. The molecule has 1 aliphatic carbocycles. The Hall–Kier alpha value is -0.480. The zero-order chi connectivity index (χ0) is 11.5. The first kappa shape index (κ1) is 12.0. The molecule has 0 aromatic carbocycles. The van der Waals surface area contributed by atoms with E-state index in [2.05, 4.69) is 27.9 Å². The number of nitrogens with zero attached hydrogens (tertiary/aromatic N) is 2. The van der Waals surface area contributed by atoms with Gasteiger partial charge >= 0.3 is 0 Å². The Bertz CT molecular complexity index is 312. The molecule has 90 valence electrons. The molecule has 4 unspecified atom stereocenters. The van der Waals surface area contributed by atoms with Gasteiger partial charge in [-0.1, -0.05) is 20.3 Å². The lowest BCUT2D eigenvalue weighted by Crippen LogP contribution is -2.31. The van der Waals surface area contributed by atoms with Gasteiger partial charge in [-0.2, -0.15) is 8.75 Å². The average molecular weight is 239 g/mol. The SMILES string of the molecule is CNC(c1cnsn1)C1CCC(C)C(C)C1. The molecule has 1 fully saturated rings. The fraction of sp³-hybridized carbons (Fsp3) is 0.833. The summed E-state index contributed by atoms with van der Waals surface area (Å²) in [6, 6.07) is 0.397. The summed E-state index contributed by atoms with van der Waals surface area (Å²) in [5.41, 5.74) is 1.12. The van der Waals surface area contributed by atoms with Crippen LogP contribution in [0.25, 0.3) is 0 Å². The van der Waals surface area contributed by atoms with Crippen molar-refractivity contribution >= 4 is 11.7 Å². The third-order valence-electron chi connectivity index (χ3n) is 4.12. The van der Waals surface area contributed by atoms with Crippen molar-refractivity contribution in [1.29, 1.82) is 0 Å². The van der Waals surface area contributed by atoms with E-state index in [9.17, 15) is 0 Å². The Morgan fingerprint density at radius 2 is 2.19 bits per heavy atom. The molecule has 16 heavy (non-hydrogen) atoms. The van der Waals surface area contributed by atoms with Crippen LogP contribution in [0.15, 0.2) is 6.20 Å². The molecule has 2 rings (SSSR count). The molecule has 1 aromatic rings. The number of nitrogens with one attached hydrogen (secondary N) is 1. The Morgan fingerprint density at radius 1 is 1.38 bits per heavy atom. The molecule has 1 heterocycles. The van der Waals surface area contributed by atoms with E-state index in [4.69, 9.17) is 0 Å². The Balaban J connectivity index is 2.05. The summed E-state index contributed by atoms with van der Waals surface area (Å²) in [5.74, 6) is 2.43. The highest BCUT2D eigenvalue weighted by Gasteiger charge is 2.31. The summed E-state index contributed by atoms with van der Waals surface area (Å²) in [4.78, 5) is 0. The normalized spacial score (nSPS) is 32.6. The minimum absolute atomic E-state index is 0.397. The van der Waals surface area contributed by atoms with Crippen molar-refractivity contribution in [2.75, 3.05) is 7.05 Å². The summed E-state index contributed by atoms with van der Waals surface area (Å²) in [5, 5.41) is 3.41. The molecule has 0 spiro atoms. The molecular weight excluding hydrogens is 218 g/mol. The molecular formula is C12H21N3S.